The molecule has 6 nitrogen and oxygen atoms in total. The first-order chi connectivity index (χ1) is 12.1. The first-order valence-corrected chi connectivity index (χ1v) is 8.57. The molecule has 1 aliphatic rings. The van der Waals surface area contributed by atoms with Gasteiger partial charge in [-0.15, -0.1) is 11.3 Å². The van der Waals surface area contributed by atoms with E-state index in [1.54, 1.807) is 29.5 Å². The van der Waals surface area contributed by atoms with Gasteiger partial charge in [0.25, 0.3) is 11.8 Å². The number of benzene rings is 1. The Kier molecular flexibility index (Phi) is 5.11. The van der Waals surface area contributed by atoms with Crippen LogP contribution in [0.4, 0.5) is 0 Å². The highest BCUT2D eigenvalue weighted by Crippen LogP contribution is 2.30. The maximum absolute atomic E-state index is 11.9. The average molecular weight is 374 g/mol. The predicted octanol–water partition coefficient (Wildman–Crippen LogP) is 2.25. The topological polar surface area (TPSA) is 76.7 Å². The lowest BCUT2D eigenvalue weighted by molar-refractivity contribution is -0.123. The third kappa shape index (κ3) is 4.04. The minimum Gasteiger partial charge on any atom is -0.493 e. The van der Waals surface area contributed by atoms with E-state index >= 15 is 0 Å². The Morgan fingerprint density at radius 1 is 1.16 bits per heavy atom. The Balaban J connectivity index is 1.81. The average Bonchev–Trinajstić information content (AvgIpc) is 3.10. The van der Waals surface area contributed by atoms with Gasteiger partial charge in [-0.3, -0.25) is 20.2 Å². The van der Waals surface area contributed by atoms with Crippen LogP contribution >= 0.6 is 23.6 Å². The SMILES string of the molecule is COc1cc(C=C2C(=O)NC(=S)NC2=O)ccc1OCc1cccs1. The second-order valence-corrected chi connectivity index (χ2v) is 6.51. The van der Waals surface area contributed by atoms with E-state index in [0.717, 1.165) is 4.88 Å². The molecule has 128 valence electrons. The van der Waals surface area contributed by atoms with Crippen molar-refractivity contribution in [2.24, 2.45) is 0 Å². The summed E-state index contributed by atoms with van der Waals surface area (Å²) in [6, 6.07) is 9.13. The number of carbonyl (C=O) groups excluding carboxylic acids is 2. The Hall–Kier alpha value is -2.71. The van der Waals surface area contributed by atoms with Crippen molar-refractivity contribution in [3.63, 3.8) is 0 Å². The van der Waals surface area contributed by atoms with E-state index in [-0.39, 0.29) is 10.7 Å². The molecule has 2 amide bonds. The Morgan fingerprint density at radius 2 is 1.92 bits per heavy atom. The first-order valence-electron chi connectivity index (χ1n) is 7.28. The maximum atomic E-state index is 11.9. The van der Waals surface area contributed by atoms with E-state index in [1.807, 2.05) is 17.5 Å². The summed E-state index contributed by atoms with van der Waals surface area (Å²) < 4.78 is 11.1. The molecular weight excluding hydrogens is 360 g/mol. The molecule has 0 atom stereocenters. The second kappa shape index (κ2) is 7.45. The molecule has 1 saturated heterocycles. The summed E-state index contributed by atoms with van der Waals surface area (Å²) in [5, 5.41) is 6.77. The smallest absolute Gasteiger partial charge is 0.263 e. The van der Waals surface area contributed by atoms with Gasteiger partial charge in [0.15, 0.2) is 16.6 Å². The molecule has 0 spiro atoms. The van der Waals surface area contributed by atoms with Gasteiger partial charge in [-0.1, -0.05) is 12.1 Å². The summed E-state index contributed by atoms with van der Waals surface area (Å²) in [6.07, 6.45) is 1.47. The third-order valence-electron chi connectivity index (χ3n) is 3.39. The molecule has 3 rings (SSSR count). The predicted molar refractivity (Wildman–Crippen MR) is 98.5 cm³/mol. The normalized spacial score (nSPS) is 14.0. The summed E-state index contributed by atoms with van der Waals surface area (Å²) in [6.45, 7) is 0.441. The number of amides is 2. The van der Waals surface area contributed by atoms with Crippen LogP contribution in [0, 0.1) is 0 Å². The maximum Gasteiger partial charge on any atom is 0.263 e. The van der Waals surface area contributed by atoms with Crippen LogP contribution in [0.5, 0.6) is 11.5 Å². The van der Waals surface area contributed by atoms with Crippen LogP contribution < -0.4 is 20.1 Å². The highest BCUT2D eigenvalue weighted by Gasteiger charge is 2.25. The van der Waals surface area contributed by atoms with Crippen molar-refractivity contribution >= 4 is 46.6 Å². The molecule has 2 N–H and O–H groups in total. The van der Waals surface area contributed by atoms with E-state index in [4.69, 9.17) is 21.7 Å². The lowest BCUT2D eigenvalue weighted by Gasteiger charge is -2.16. The van der Waals surface area contributed by atoms with Crippen LogP contribution in [0.3, 0.4) is 0 Å². The first kappa shape index (κ1) is 17.1. The number of hydrogen-bond acceptors (Lipinski definition) is 6. The van der Waals surface area contributed by atoms with Gasteiger partial charge in [-0.25, -0.2) is 0 Å². The van der Waals surface area contributed by atoms with Crippen LogP contribution in [-0.4, -0.2) is 24.0 Å². The monoisotopic (exact) mass is 374 g/mol. The van der Waals surface area contributed by atoms with Crippen molar-refractivity contribution in [1.29, 1.82) is 0 Å². The molecule has 0 radical (unpaired) electrons. The number of thiocarbonyl (C=S) groups is 1. The van der Waals surface area contributed by atoms with Gasteiger partial charge in [0.2, 0.25) is 0 Å². The van der Waals surface area contributed by atoms with Crippen molar-refractivity contribution < 1.29 is 19.1 Å². The van der Waals surface area contributed by atoms with E-state index in [2.05, 4.69) is 10.6 Å². The second-order valence-electron chi connectivity index (χ2n) is 5.07. The molecule has 0 saturated carbocycles. The van der Waals surface area contributed by atoms with Gasteiger partial charge in [-0.05, 0) is 47.4 Å². The van der Waals surface area contributed by atoms with Gasteiger partial charge in [0.05, 0.1) is 7.11 Å². The molecule has 2 aromatic rings. The molecule has 0 bridgehead atoms. The molecule has 2 heterocycles. The zero-order valence-corrected chi connectivity index (χ0v) is 14.8. The summed E-state index contributed by atoms with van der Waals surface area (Å²) in [4.78, 5) is 24.9. The minimum atomic E-state index is -0.536. The van der Waals surface area contributed by atoms with Crippen LogP contribution in [0.25, 0.3) is 6.08 Å². The summed E-state index contributed by atoms with van der Waals surface area (Å²) in [5.41, 5.74) is 0.608. The zero-order chi connectivity index (χ0) is 17.8. The van der Waals surface area contributed by atoms with Crippen molar-refractivity contribution in [1.82, 2.24) is 10.6 Å². The molecule has 1 aliphatic heterocycles. The van der Waals surface area contributed by atoms with E-state index in [0.29, 0.717) is 23.7 Å². The molecule has 25 heavy (non-hydrogen) atoms. The quantitative estimate of drug-likeness (QED) is 0.477. The van der Waals surface area contributed by atoms with Gasteiger partial charge < -0.3 is 9.47 Å². The Bertz CT molecular complexity index is 838. The summed E-state index contributed by atoms with van der Waals surface area (Å²) in [5.74, 6) is 0.0197. The number of rotatable bonds is 5. The Morgan fingerprint density at radius 3 is 2.56 bits per heavy atom. The van der Waals surface area contributed by atoms with Crippen LogP contribution in [0.2, 0.25) is 0 Å². The van der Waals surface area contributed by atoms with Crippen LogP contribution in [0.1, 0.15) is 10.4 Å². The largest absolute Gasteiger partial charge is 0.493 e. The van der Waals surface area contributed by atoms with E-state index in [9.17, 15) is 9.59 Å². The summed E-state index contributed by atoms with van der Waals surface area (Å²) >= 11 is 6.38. The lowest BCUT2D eigenvalue weighted by atomic mass is 10.1. The zero-order valence-electron chi connectivity index (χ0n) is 13.2. The van der Waals surface area contributed by atoms with E-state index < -0.39 is 11.8 Å². The fourth-order valence-electron chi connectivity index (χ4n) is 2.21. The van der Waals surface area contributed by atoms with Crippen LogP contribution in [0.15, 0.2) is 41.3 Å². The van der Waals surface area contributed by atoms with Gasteiger partial charge in [0, 0.05) is 4.88 Å². The Labute approximate surface area is 153 Å². The van der Waals surface area contributed by atoms with Gasteiger partial charge >= 0.3 is 0 Å². The fraction of sp³-hybridized carbons (Fsp3) is 0.118. The highest BCUT2D eigenvalue weighted by molar-refractivity contribution is 7.80. The molecule has 8 heteroatoms. The number of nitrogens with one attached hydrogen (secondary N) is 2. The highest BCUT2D eigenvalue weighted by atomic mass is 32.1. The molecule has 0 unspecified atom stereocenters. The molecule has 1 fully saturated rings. The van der Waals surface area contributed by atoms with Crippen LogP contribution in [-0.2, 0) is 16.2 Å². The molecule has 1 aromatic heterocycles. The van der Waals surface area contributed by atoms with Crippen molar-refractivity contribution in [2.45, 2.75) is 6.61 Å². The number of ether oxygens (including phenoxy) is 2. The minimum absolute atomic E-state index is 0.00190. The molecule has 1 aromatic carbocycles. The lowest BCUT2D eigenvalue weighted by Crippen LogP contribution is -2.51. The van der Waals surface area contributed by atoms with Gasteiger partial charge in [0.1, 0.15) is 12.2 Å². The van der Waals surface area contributed by atoms with Gasteiger partial charge in [-0.2, -0.15) is 0 Å². The number of carbonyl (C=O) groups is 2. The van der Waals surface area contributed by atoms with Crippen molar-refractivity contribution in [3.8, 4) is 11.5 Å². The molecular formula is C17H14N2O4S2. The number of hydrogen-bond donors (Lipinski definition) is 2. The summed E-state index contributed by atoms with van der Waals surface area (Å²) in [7, 11) is 1.53. The fourth-order valence-corrected chi connectivity index (χ4v) is 3.01. The van der Waals surface area contributed by atoms with Crippen molar-refractivity contribution in [3.05, 3.63) is 51.7 Å². The number of thiophene rings is 1. The standard InChI is InChI=1S/C17H14N2O4S2/c1-22-14-8-10(7-12-15(20)18-17(24)19-16(12)21)4-5-13(14)23-9-11-3-2-6-25-11/h2-8H,9H2,1H3,(H2,18,19,20,21,24). The third-order valence-corrected chi connectivity index (χ3v) is 4.45. The van der Waals surface area contributed by atoms with Crippen molar-refractivity contribution in [2.75, 3.05) is 7.11 Å². The number of methoxy groups -OCH3 is 1. The van der Waals surface area contributed by atoms with E-state index in [1.165, 1.54) is 13.2 Å². The molecule has 0 aliphatic carbocycles.